The number of aryl methyl sites for hydroxylation is 1. The lowest BCUT2D eigenvalue weighted by atomic mass is 9.99. The lowest BCUT2D eigenvalue weighted by Crippen LogP contribution is -2.55. The Kier molecular flexibility index (Phi) is 4.76. The van der Waals surface area contributed by atoms with Gasteiger partial charge in [-0.2, -0.15) is 0 Å². The van der Waals surface area contributed by atoms with Crippen molar-refractivity contribution in [3.8, 4) is 0 Å². The van der Waals surface area contributed by atoms with Gasteiger partial charge in [0.25, 0.3) is 0 Å². The average molecular weight is 288 g/mol. The third-order valence-electron chi connectivity index (χ3n) is 4.91. The quantitative estimate of drug-likeness (QED) is 0.920. The number of pyridine rings is 1. The minimum Gasteiger partial charge on any atom is -0.354 e. The number of piperidine rings is 1. The van der Waals surface area contributed by atoms with Crippen LogP contribution in [0.25, 0.3) is 0 Å². The molecule has 1 unspecified atom stereocenters. The zero-order chi connectivity index (χ0) is 14.7. The largest absolute Gasteiger partial charge is 0.354 e. The van der Waals surface area contributed by atoms with Crippen molar-refractivity contribution in [3.05, 3.63) is 23.4 Å². The highest BCUT2D eigenvalue weighted by Crippen LogP contribution is 2.24. The molecular weight excluding hydrogens is 260 g/mol. The lowest BCUT2D eigenvalue weighted by molar-refractivity contribution is 0.133. The molecule has 2 aliphatic heterocycles. The summed E-state index contributed by atoms with van der Waals surface area (Å²) in [5, 5.41) is 3.38. The van der Waals surface area contributed by atoms with Crippen LogP contribution >= 0.6 is 0 Å². The summed E-state index contributed by atoms with van der Waals surface area (Å²) in [6, 6.07) is 5.20. The second kappa shape index (κ2) is 6.75. The summed E-state index contributed by atoms with van der Waals surface area (Å²) in [6.07, 6.45) is 4.13. The average Bonchev–Trinajstić information content (AvgIpc) is 2.53. The molecule has 3 heterocycles. The molecule has 0 saturated carbocycles. The lowest BCUT2D eigenvalue weighted by Gasteiger charge is -2.44. The van der Waals surface area contributed by atoms with Crippen LogP contribution in [0.4, 0.5) is 5.82 Å². The maximum atomic E-state index is 4.85. The Hall–Kier alpha value is -1.13. The van der Waals surface area contributed by atoms with Gasteiger partial charge in [0, 0.05) is 37.9 Å². The van der Waals surface area contributed by atoms with Gasteiger partial charge in [-0.3, -0.25) is 4.90 Å². The second-order valence-corrected chi connectivity index (χ2v) is 6.33. The van der Waals surface area contributed by atoms with Gasteiger partial charge in [-0.05, 0) is 44.5 Å². The van der Waals surface area contributed by atoms with Crippen LogP contribution in [-0.2, 0) is 6.54 Å². The first-order chi connectivity index (χ1) is 10.3. The number of aromatic nitrogens is 1. The standard InChI is InChI=1S/C17H28N4/c1-3-18-12-15-7-8-17(19-14(15)2)21-11-10-20-9-5-4-6-16(20)13-21/h7-8,16,18H,3-6,9-13H2,1-2H3. The van der Waals surface area contributed by atoms with Gasteiger partial charge in [0.1, 0.15) is 5.82 Å². The predicted molar refractivity (Wildman–Crippen MR) is 87.8 cm³/mol. The summed E-state index contributed by atoms with van der Waals surface area (Å²) < 4.78 is 0. The Morgan fingerprint density at radius 1 is 1.24 bits per heavy atom. The Balaban J connectivity index is 1.67. The molecule has 0 radical (unpaired) electrons. The van der Waals surface area contributed by atoms with Gasteiger partial charge >= 0.3 is 0 Å². The Bertz CT molecular complexity index is 474. The molecule has 3 rings (SSSR count). The van der Waals surface area contributed by atoms with Gasteiger partial charge in [-0.15, -0.1) is 0 Å². The number of fused-ring (bicyclic) bond motifs is 1. The van der Waals surface area contributed by atoms with Gasteiger partial charge in [0.15, 0.2) is 0 Å². The Labute approximate surface area is 128 Å². The van der Waals surface area contributed by atoms with Gasteiger partial charge in [-0.1, -0.05) is 19.4 Å². The fourth-order valence-corrected chi connectivity index (χ4v) is 3.56. The Morgan fingerprint density at radius 2 is 2.14 bits per heavy atom. The van der Waals surface area contributed by atoms with Crippen molar-refractivity contribution >= 4 is 5.82 Å². The van der Waals surface area contributed by atoms with E-state index in [-0.39, 0.29) is 0 Å². The minimum absolute atomic E-state index is 0.746. The molecule has 1 aromatic rings. The molecule has 116 valence electrons. The van der Waals surface area contributed by atoms with Crippen LogP contribution in [-0.4, -0.2) is 48.6 Å². The summed E-state index contributed by atoms with van der Waals surface area (Å²) in [7, 11) is 0. The number of piperazine rings is 1. The van der Waals surface area contributed by atoms with Crippen molar-refractivity contribution in [2.45, 2.75) is 45.7 Å². The molecule has 2 saturated heterocycles. The highest BCUT2D eigenvalue weighted by Gasteiger charge is 2.29. The summed E-state index contributed by atoms with van der Waals surface area (Å²) in [4.78, 5) is 10.0. The van der Waals surface area contributed by atoms with E-state index in [0.717, 1.165) is 38.0 Å². The fourth-order valence-electron chi connectivity index (χ4n) is 3.56. The molecular formula is C17H28N4. The van der Waals surface area contributed by atoms with E-state index in [9.17, 15) is 0 Å². The first-order valence-electron chi connectivity index (χ1n) is 8.44. The monoisotopic (exact) mass is 288 g/mol. The van der Waals surface area contributed by atoms with Gasteiger partial charge < -0.3 is 10.2 Å². The third kappa shape index (κ3) is 3.38. The summed E-state index contributed by atoms with van der Waals surface area (Å²) in [5.74, 6) is 1.16. The molecule has 0 aromatic carbocycles. The number of anilines is 1. The van der Waals surface area contributed by atoms with Crippen LogP contribution in [0.2, 0.25) is 0 Å². The number of rotatable bonds is 4. The zero-order valence-corrected chi connectivity index (χ0v) is 13.4. The highest BCUT2D eigenvalue weighted by atomic mass is 15.3. The van der Waals surface area contributed by atoms with Crippen LogP contribution in [0.15, 0.2) is 12.1 Å². The molecule has 1 atom stereocenters. The van der Waals surface area contributed by atoms with E-state index in [1.807, 2.05) is 0 Å². The maximum absolute atomic E-state index is 4.85. The van der Waals surface area contributed by atoms with Crippen LogP contribution < -0.4 is 10.2 Å². The number of nitrogens with one attached hydrogen (secondary N) is 1. The van der Waals surface area contributed by atoms with Gasteiger partial charge in [0.05, 0.1) is 0 Å². The smallest absolute Gasteiger partial charge is 0.128 e. The maximum Gasteiger partial charge on any atom is 0.128 e. The molecule has 21 heavy (non-hydrogen) atoms. The number of hydrogen-bond donors (Lipinski definition) is 1. The van der Waals surface area contributed by atoms with Crippen molar-refractivity contribution in [1.29, 1.82) is 0 Å². The first kappa shape index (κ1) is 14.8. The van der Waals surface area contributed by atoms with E-state index in [1.165, 1.54) is 43.6 Å². The topological polar surface area (TPSA) is 31.4 Å². The van der Waals surface area contributed by atoms with Crippen molar-refractivity contribution in [2.24, 2.45) is 0 Å². The van der Waals surface area contributed by atoms with Crippen molar-refractivity contribution in [2.75, 3.05) is 37.6 Å². The van der Waals surface area contributed by atoms with E-state index >= 15 is 0 Å². The van der Waals surface area contributed by atoms with Crippen molar-refractivity contribution in [3.63, 3.8) is 0 Å². The minimum atomic E-state index is 0.746. The molecule has 2 aliphatic rings. The molecule has 0 spiro atoms. The first-order valence-corrected chi connectivity index (χ1v) is 8.44. The summed E-state index contributed by atoms with van der Waals surface area (Å²) in [5.41, 5.74) is 2.48. The molecule has 0 amide bonds. The normalized spacial score (nSPS) is 23.1. The third-order valence-corrected chi connectivity index (χ3v) is 4.91. The Morgan fingerprint density at radius 3 is 2.95 bits per heavy atom. The van der Waals surface area contributed by atoms with Gasteiger partial charge in [0.2, 0.25) is 0 Å². The molecule has 2 fully saturated rings. The van der Waals surface area contributed by atoms with Crippen LogP contribution in [0.5, 0.6) is 0 Å². The SMILES string of the molecule is CCNCc1ccc(N2CCN3CCCCC3C2)nc1C. The van der Waals surface area contributed by atoms with Crippen LogP contribution in [0, 0.1) is 6.92 Å². The van der Waals surface area contributed by atoms with E-state index in [2.05, 4.69) is 41.1 Å². The highest BCUT2D eigenvalue weighted by molar-refractivity contribution is 5.42. The summed E-state index contributed by atoms with van der Waals surface area (Å²) in [6.45, 7) is 11.0. The number of hydrogen-bond acceptors (Lipinski definition) is 4. The predicted octanol–water partition coefficient (Wildman–Crippen LogP) is 2.17. The summed E-state index contributed by atoms with van der Waals surface area (Å²) >= 11 is 0. The van der Waals surface area contributed by atoms with Crippen LogP contribution in [0.3, 0.4) is 0 Å². The van der Waals surface area contributed by atoms with Crippen LogP contribution in [0.1, 0.15) is 37.4 Å². The van der Waals surface area contributed by atoms with Crippen molar-refractivity contribution in [1.82, 2.24) is 15.2 Å². The van der Waals surface area contributed by atoms with Crippen molar-refractivity contribution < 1.29 is 0 Å². The molecule has 1 aromatic heterocycles. The molecule has 0 aliphatic carbocycles. The van der Waals surface area contributed by atoms with E-state index in [4.69, 9.17) is 4.98 Å². The van der Waals surface area contributed by atoms with Gasteiger partial charge in [-0.25, -0.2) is 4.98 Å². The van der Waals surface area contributed by atoms with E-state index < -0.39 is 0 Å². The molecule has 4 nitrogen and oxygen atoms in total. The molecule has 0 bridgehead atoms. The van der Waals surface area contributed by atoms with E-state index in [0.29, 0.717) is 0 Å². The fraction of sp³-hybridized carbons (Fsp3) is 0.706. The van der Waals surface area contributed by atoms with E-state index in [1.54, 1.807) is 0 Å². The molecule has 1 N–H and O–H groups in total. The zero-order valence-electron chi connectivity index (χ0n) is 13.4. The number of nitrogens with zero attached hydrogens (tertiary/aromatic N) is 3. The molecule has 4 heteroatoms. The second-order valence-electron chi connectivity index (χ2n) is 6.33.